The van der Waals surface area contributed by atoms with Crippen molar-refractivity contribution in [3.63, 3.8) is 0 Å². The van der Waals surface area contributed by atoms with Crippen molar-refractivity contribution in [2.24, 2.45) is 0 Å². The summed E-state index contributed by atoms with van der Waals surface area (Å²) in [6, 6.07) is 47.0. The van der Waals surface area contributed by atoms with E-state index in [1.165, 1.54) is 27.4 Å². The molecule has 0 radical (unpaired) electrons. The molecule has 3 nitrogen and oxygen atoms in total. The first-order valence-corrected chi connectivity index (χ1v) is 13.6. The Morgan fingerprint density at radius 1 is 0.500 bits per heavy atom. The van der Waals surface area contributed by atoms with E-state index in [1.807, 2.05) is 12.1 Å². The molecule has 1 aromatic heterocycles. The Balaban J connectivity index is 1.35. The number of para-hydroxylation sites is 3. The molecule has 3 heterocycles. The number of ether oxygens (including phenoxy) is 1. The first kappa shape index (κ1) is 21.7. The van der Waals surface area contributed by atoms with Crippen LogP contribution in [0.3, 0.4) is 0 Å². The van der Waals surface area contributed by atoms with Gasteiger partial charge in [0.1, 0.15) is 17.2 Å². The minimum absolute atomic E-state index is 0.225. The summed E-state index contributed by atoms with van der Waals surface area (Å²) in [5.41, 5.74) is 10.1. The monoisotopic (exact) mass is 511 g/mol. The second-order valence-corrected chi connectivity index (χ2v) is 10.5. The van der Waals surface area contributed by atoms with Crippen LogP contribution in [0.25, 0.3) is 49.7 Å². The second kappa shape index (κ2) is 8.14. The van der Waals surface area contributed by atoms with Gasteiger partial charge in [0.05, 0.1) is 16.7 Å². The molecular weight excluding hydrogens is 489 g/mol. The Kier molecular flexibility index (Phi) is 4.41. The van der Waals surface area contributed by atoms with Gasteiger partial charge in [-0.1, -0.05) is 91.0 Å². The summed E-state index contributed by atoms with van der Waals surface area (Å²) in [7, 11) is 0. The van der Waals surface area contributed by atoms with E-state index >= 15 is 0 Å². The standard InChI is InChI=1S/C36H22BNO2/c1-2-10-23(11-3-1)24-18-19-33-28(20-24)29-21-25(22-35-36(29)37(40-33)30-14-6-9-17-34(30)39-35)38-31-15-7-4-12-26(31)27-13-5-8-16-32(27)38/h1-22H. The van der Waals surface area contributed by atoms with Crippen molar-refractivity contribution in [1.29, 1.82) is 0 Å². The van der Waals surface area contributed by atoms with E-state index < -0.39 is 0 Å². The molecule has 9 rings (SSSR count). The highest BCUT2D eigenvalue weighted by atomic mass is 16.5. The van der Waals surface area contributed by atoms with Crippen LogP contribution in [-0.2, 0) is 0 Å². The van der Waals surface area contributed by atoms with Crippen LogP contribution in [0.15, 0.2) is 133 Å². The third-order valence-electron chi connectivity index (χ3n) is 8.27. The third kappa shape index (κ3) is 3.02. The zero-order valence-corrected chi connectivity index (χ0v) is 21.5. The number of benzene rings is 6. The fourth-order valence-corrected chi connectivity index (χ4v) is 6.49. The molecule has 0 bridgehead atoms. The van der Waals surface area contributed by atoms with Crippen LogP contribution < -0.4 is 20.3 Å². The van der Waals surface area contributed by atoms with E-state index in [2.05, 4.69) is 126 Å². The predicted octanol–water partition coefficient (Wildman–Crippen LogP) is 7.72. The second-order valence-electron chi connectivity index (χ2n) is 10.5. The highest BCUT2D eigenvalue weighted by Gasteiger charge is 2.41. The quantitative estimate of drug-likeness (QED) is 0.222. The maximum atomic E-state index is 6.74. The van der Waals surface area contributed by atoms with Gasteiger partial charge in [-0.15, -0.1) is 0 Å². The number of rotatable bonds is 2. The van der Waals surface area contributed by atoms with E-state index in [0.717, 1.165) is 50.6 Å². The van der Waals surface area contributed by atoms with Gasteiger partial charge in [-0.3, -0.25) is 0 Å². The van der Waals surface area contributed by atoms with Gasteiger partial charge in [-0.05, 0) is 53.1 Å². The van der Waals surface area contributed by atoms with E-state index in [0.29, 0.717) is 0 Å². The topological polar surface area (TPSA) is 23.4 Å². The molecule has 0 spiro atoms. The highest BCUT2D eigenvalue weighted by Crippen LogP contribution is 2.43. The minimum atomic E-state index is -0.225. The van der Waals surface area contributed by atoms with Crippen molar-refractivity contribution in [2.45, 2.75) is 0 Å². The molecule has 186 valence electrons. The van der Waals surface area contributed by atoms with E-state index in [9.17, 15) is 0 Å². The highest BCUT2D eigenvalue weighted by molar-refractivity contribution is 6.84. The first-order valence-electron chi connectivity index (χ1n) is 13.6. The predicted molar refractivity (Wildman–Crippen MR) is 164 cm³/mol. The maximum absolute atomic E-state index is 6.74. The van der Waals surface area contributed by atoms with Gasteiger partial charge in [-0.25, -0.2) is 0 Å². The van der Waals surface area contributed by atoms with Gasteiger partial charge in [-0.2, -0.15) is 0 Å². The summed E-state index contributed by atoms with van der Waals surface area (Å²) in [6.07, 6.45) is 0. The Morgan fingerprint density at radius 3 is 2.00 bits per heavy atom. The number of fused-ring (bicyclic) bond motifs is 7. The molecule has 0 unspecified atom stereocenters. The Hall–Kier alpha value is -5.22. The lowest BCUT2D eigenvalue weighted by atomic mass is 9.51. The van der Waals surface area contributed by atoms with E-state index in [1.54, 1.807) is 0 Å². The van der Waals surface area contributed by atoms with Crippen LogP contribution in [0, 0.1) is 0 Å². The van der Waals surface area contributed by atoms with Crippen molar-refractivity contribution < 1.29 is 9.39 Å². The first-order chi connectivity index (χ1) is 19.8. The summed E-state index contributed by atoms with van der Waals surface area (Å²) < 4.78 is 15.7. The van der Waals surface area contributed by atoms with Crippen LogP contribution >= 0.6 is 0 Å². The Labute approximate surface area is 232 Å². The number of hydrogen-bond acceptors (Lipinski definition) is 2. The van der Waals surface area contributed by atoms with Crippen molar-refractivity contribution in [3.8, 4) is 45.2 Å². The van der Waals surface area contributed by atoms with Gasteiger partial charge >= 0.3 is 6.92 Å². The molecule has 40 heavy (non-hydrogen) atoms. The number of aromatic nitrogens is 1. The molecular formula is C36H22BNO2. The molecule has 0 aliphatic carbocycles. The van der Waals surface area contributed by atoms with Crippen LogP contribution in [0.5, 0.6) is 17.2 Å². The van der Waals surface area contributed by atoms with Crippen molar-refractivity contribution >= 4 is 39.6 Å². The smallest absolute Gasteiger partial charge is 0.434 e. The zero-order chi connectivity index (χ0) is 26.2. The van der Waals surface area contributed by atoms with Crippen molar-refractivity contribution in [2.75, 3.05) is 0 Å². The van der Waals surface area contributed by atoms with Gasteiger partial charge in [0.25, 0.3) is 0 Å². The lowest BCUT2D eigenvalue weighted by molar-refractivity contribution is 0.479. The molecule has 7 aromatic rings. The largest absolute Gasteiger partial charge is 0.551 e. The molecule has 0 N–H and O–H groups in total. The van der Waals surface area contributed by atoms with Gasteiger partial charge < -0.3 is 14.0 Å². The SMILES string of the molecule is c1ccc(-c2ccc3c(c2)-c2cc(-n4c5ccccc5c5ccccc54)cc4c2B(O3)c2ccccc2O4)cc1. The van der Waals surface area contributed by atoms with Gasteiger partial charge in [0, 0.05) is 33.3 Å². The molecule has 0 atom stereocenters. The van der Waals surface area contributed by atoms with Crippen molar-refractivity contribution in [3.05, 3.63) is 133 Å². The number of nitrogens with zero attached hydrogens (tertiary/aromatic N) is 1. The minimum Gasteiger partial charge on any atom is -0.551 e. The average molecular weight is 511 g/mol. The number of hydrogen-bond donors (Lipinski definition) is 0. The Bertz CT molecular complexity index is 2080. The molecule has 2 aliphatic rings. The van der Waals surface area contributed by atoms with Crippen LogP contribution in [0.2, 0.25) is 0 Å². The van der Waals surface area contributed by atoms with Crippen molar-refractivity contribution in [1.82, 2.24) is 4.57 Å². The Morgan fingerprint density at radius 2 is 1.20 bits per heavy atom. The fourth-order valence-electron chi connectivity index (χ4n) is 6.49. The third-order valence-corrected chi connectivity index (χ3v) is 8.27. The summed E-state index contributed by atoms with van der Waals surface area (Å²) in [6.45, 7) is -0.225. The lowest BCUT2D eigenvalue weighted by Gasteiger charge is -2.33. The molecule has 0 amide bonds. The molecule has 4 heteroatoms. The zero-order valence-electron chi connectivity index (χ0n) is 21.5. The molecule has 0 saturated heterocycles. The summed E-state index contributed by atoms with van der Waals surface area (Å²) in [5, 5.41) is 2.48. The normalized spacial score (nSPS) is 12.8. The molecule has 2 aliphatic heterocycles. The molecule has 6 aromatic carbocycles. The lowest BCUT2D eigenvalue weighted by Crippen LogP contribution is -2.53. The summed E-state index contributed by atoms with van der Waals surface area (Å²) in [5.74, 6) is 2.57. The fraction of sp³-hybridized carbons (Fsp3) is 0. The maximum Gasteiger partial charge on any atom is 0.434 e. The molecule has 0 saturated carbocycles. The van der Waals surface area contributed by atoms with Crippen LogP contribution in [-0.4, -0.2) is 11.5 Å². The van der Waals surface area contributed by atoms with Crippen LogP contribution in [0.1, 0.15) is 0 Å². The van der Waals surface area contributed by atoms with Gasteiger partial charge in [0.2, 0.25) is 0 Å². The van der Waals surface area contributed by atoms with Gasteiger partial charge in [0.15, 0.2) is 0 Å². The summed E-state index contributed by atoms with van der Waals surface area (Å²) >= 11 is 0. The molecule has 0 fully saturated rings. The van der Waals surface area contributed by atoms with E-state index in [4.69, 9.17) is 9.39 Å². The average Bonchev–Trinajstić information content (AvgIpc) is 3.36. The van der Waals surface area contributed by atoms with E-state index in [-0.39, 0.29) is 6.92 Å². The summed E-state index contributed by atoms with van der Waals surface area (Å²) in [4.78, 5) is 0. The van der Waals surface area contributed by atoms with Crippen LogP contribution in [0.4, 0.5) is 0 Å².